The normalized spacial score (nSPS) is 25.9. The first-order valence-corrected chi connectivity index (χ1v) is 8.98. The number of nitrogens with zero attached hydrogens (tertiary/aromatic N) is 3. The minimum Gasteiger partial charge on any atom is -0.444 e. The Morgan fingerprint density at radius 2 is 1.58 bits per heavy atom. The van der Waals surface area contributed by atoms with Gasteiger partial charge in [0.25, 0.3) is 0 Å². The molecule has 2 unspecified atom stereocenters. The number of β-amino-alcohol motifs (C(OH)–C–C–N with tert-alkyl or cyclic N) is 2. The number of aliphatic hydroxyl groups excluding tert-OH is 2. The summed E-state index contributed by atoms with van der Waals surface area (Å²) in [6.45, 7) is 11.4. The van der Waals surface area contributed by atoms with Crippen LogP contribution < -0.4 is 5.32 Å². The fourth-order valence-corrected chi connectivity index (χ4v) is 2.69. The summed E-state index contributed by atoms with van der Waals surface area (Å²) in [5.74, 6) is 0. The second kappa shape index (κ2) is 11.7. The fraction of sp³-hybridized carbons (Fsp3) is 0.944. The zero-order chi connectivity index (χ0) is 19.0. The molecule has 2 aliphatic heterocycles. The first kappa shape index (κ1) is 25.1. The molecule has 0 bridgehead atoms. The average molecular weight is 377 g/mol. The smallest absolute Gasteiger partial charge is 0.410 e. The number of aliphatic hydroxyl groups is 2. The SMILES string of the molecule is C.CN1CCN(C(=O)OC(C)(C)C)CC(O)C1.CN1CCNCC(O)C1. The zero-order valence-electron chi connectivity index (χ0n) is 16.4. The predicted molar refractivity (Wildman–Crippen MR) is 104 cm³/mol. The van der Waals surface area contributed by atoms with E-state index in [1.54, 1.807) is 4.90 Å². The number of amides is 1. The van der Waals surface area contributed by atoms with E-state index in [2.05, 4.69) is 10.2 Å². The summed E-state index contributed by atoms with van der Waals surface area (Å²) in [6.07, 6.45) is -1.03. The van der Waals surface area contributed by atoms with Crippen LogP contribution in [0.1, 0.15) is 28.2 Å². The Hall–Kier alpha value is -0.930. The second-order valence-electron chi connectivity index (χ2n) is 7.96. The third-order valence-corrected chi connectivity index (χ3v) is 3.93. The number of nitrogens with one attached hydrogen (secondary N) is 1. The van der Waals surface area contributed by atoms with Crippen LogP contribution in [0.15, 0.2) is 0 Å². The minimum atomic E-state index is -0.500. The maximum Gasteiger partial charge on any atom is 0.410 e. The van der Waals surface area contributed by atoms with E-state index in [1.165, 1.54) is 0 Å². The maximum absolute atomic E-state index is 11.8. The molecule has 2 aliphatic rings. The lowest BCUT2D eigenvalue weighted by Crippen LogP contribution is -2.41. The Morgan fingerprint density at radius 3 is 2.19 bits per heavy atom. The van der Waals surface area contributed by atoms with Crippen molar-refractivity contribution in [1.29, 1.82) is 0 Å². The fourth-order valence-electron chi connectivity index (χ4n) is 2.69. The highest BCUT2D eigenvalue weighted by atomic mass is 16.6. The molecule has 0 radical (unpaired) electrons. The van der Waals surface area contributed by atoms with E-state index in [1.807, 2.05) is 39.8 Å². The van der Waals surface area contributed by atoms with Gasteiger partial charge in [-0.2, -0.15) is 0 Å². The molecule has 2 heterocycles. The topological polar surface area (TPSA) is 88.5 Å². The summed E-state index contributed by atoms with van der Waals surface area (Å²) in [6, 6.07) is 0. The summed E-state index contributed by atoms with van der Waals surface area (Å²) >= 11 is 0. The van der Waals surface area contributed by atoms with Gasteiger partial charge in [0, 0.05) is 45.8 Å². The maximum atomic E-state index is 11.8. The van der Waals surface area contributed by atoms with Gasteiger partial charge >= 0.3 is 6.09 Å². The summed E-state index contributed by atoms with van der Waals surface area (Å²) in [7, 11) is 3.96. The largest absolute Gasteiger partial charge is 0.444 e. The van der Waals surface area contributed by atoms with Crippen LogP contribution in [-0.2, 0) is 4.74 Å². The van der Waals surface area contributed by atoms with E-state index < -0.39 is 11.7 Å². The van der Waals surface area contributed by atoms with E-state index >= 15 is 0 Å². The number of hydrogen-bond donors (Lipinski definition) is 3. The van der Waals surface area contributed by atoms with E-state index in [-0.39, 0.29) is 19.6 Å². The molecule has 2 fully saturated rings. The first-order valence-electron chi connectivity index (χ1n) is 8.98. The van der Waals surface area contributed by atoms with E-state index in [0.29, 0.717) is 19.6 Å². The van der Waals surface area contributed by atoms with Crippen LogP contribution in [0.25, 0.3) is 0 Å². The molecule has 3 N–H and O–H groups in total. The number of carbonyl (C=O) groups is 1. The monoisotopic (exact) mass is 376 g/mol. The molecule has 156 valence electrons. The Kier molecular flexibility index (Phi) is 11.3. The van der Waals surface area contributed by atoms with E-state index in [9.17, 15) is 9.90 Å². The zero-order valence-corrected chi connectivity index (χ0v) is 16.4. The summed E-state index contributed by atoms with van der Waals surface area (Å²) in [5.41, 5.74) is -0.486. The Labute approximate surface area is 159 Å². The van der Waals surface area contributed by atoms with Crippen molar-refractivity contribution >= 4 is 6.09 Å². The van der Waals surface area contributed by atoms with Crippen LogP contribution in [-0.4, -0.2) is 115 Å². The van der Waals surface area contributed by atoms with Crippen LogP contribution in [0.3, 0.4) is 0 Å². The third kappa shape index (κ3) is 10.9. The Bertz CT molecular complexity index is 393. The van der Waals surface area contributed by atoms with Gasteiger partial charge in [-0.1, -0.05) is 7.43 Å². The highest BCUT2D eigenvalue weighted by Gasteiger charge is 2.26. The van der Waals surface area contributed by atoms with Crippen molar-refractivity contribution in [1.82, 2.24) is 20.0 Å². The molecule has 0 saturated carbocycles. The standard InChI is InChI=1S/C11H22N2O3.C6H14N2O.CH4/c1-11(2,3)16-10(15)13-6-5-12(4)7-9(14)8-13;1-8-3-2-7-4-6(9)5-8;/h9,14H,5-8H2,1-4H3;6-7,9H,2-5H2,1H3;1H4. The molecule has 2 atom stereocenters. The van der Waals surface area contributed by atoms with Crippen molar-refractivity contribution < 1.29 is 19.7 Å². The van der Waals surface area contributed by atoms with E-state index in [4.69, 9.17) is 9.84 Å². The van der Waals surface area contributed by atoms with Crippen LogP contribution in [0.2, 0.25) is 0 Å². The highest BCUT2D eigenvalue weighted by molar-refractivity contribution is 5.68. The number of hydrogen-bond acceptors (Lipinski definition) is 7. The number of ether oxygens (including phenoxy) is 1. The van der Waals surface area contributed by atoms with Gasteiger partial charge in [0.05, 0.1) is 18.8 Å². The lowest BCUT2D eigenvalue weighted by molar-refractivity contribution is 0.0186. The second-order valence-corrected chi connectivity index (χ2v) is 7.96. The van der Waals surface area contributed by atoms with Crippen LogP contribution in [0, 0.1) is 0 Å². The van der Waals surface area contributed by atoms with Gasteiger partial charge in [-0.05, 0) is 34.9 Å². The van der Waals surface area contributed by atoms with Gasteiger partial charge in [0.1, 0.15) is 5.60 Å². The molecular formula is C18H40N4O4. The average Bonchev–Trinajstić information content (AvgIpc) is 2.74. The summed E-state index contributed by atoms with van der Waals surface area (Å²) in [4.78, 5) is 17.5. The first-order chi connectivity index (χ1) is 11.6. The molecule has 0 aromatic heterocycles. The Morgan fingerprint density at radius 1 is 1.00 bits per heavy atom. The summed E-state index contributed by atoms with van der Waals surface area (Å²) < 4.78 is 5.27. The molecular weight excluding hydrogens is 336 g/mol. The van der Waals surface area contributed by atoms with Gasteiger partial charge < -0.3 is 35.0 Å². The highest BCUT2D eigenvalue weighted by Crippen LogP contribution is 2.11. The molecule has 2 saturated heterocycles. The lowest BCUT2D eigenvalue weighted by atomic mass is 10.2. The lowest BCUT2D eigenvalue weighted by Gasteiger charge is -2.26. The Balaban J connectivity index is 0.000000532. The minimum absolute atomic E-state index is 0. The molecule has 26 heavy (non-hydrogen) atoms. The van der Waals surface area contributed by atoms with Gasteiger partial charge in [0.2, 0.25) is 0 Å². The molecule has 0 aromatic rings. The van der Waals surface area contributed by atoms with Gasteiger partial charge in [0.15, 0.2) is 0 Å². The van der Waals surface area contributed by atoms with E-state index in [0.717, 1.165) is 32.7 Å². The van der Waals surface area contributed by atoms with Crippen LogP contribution >= 0.6 is 0 Å². The molecule has 1 amide bonds. The summed E-state index contributed by atoms with van der Waals surface area (Å²) in [5, 5.41) is 22.0. The van der Waals surface area contributed by atoms with Crippen molar-refractivity contribution in [3.05, 3.63) is 0 Å². The number of likely N-dealkylation sites (N-methyl/N-ethyl adjacent to an activating group) is 2. The third-order valence-electron chi connectivity index (χ3n) is 3.93. The quantitative estimate of drug-likeness (QED) is 0.550. The van der Waals surface area contributed by atoms with Crippen molar-refractivity contribution in [2.45, 2.75) is 46.0 Å². The molecule has 0 aromatic carbocycles. The molecule has 0 aliphatic carbocycles. The number of rotatable bonds is 0. The molecule has 2 rings (SSSR count). The van der Waals surface area contributed by atoms with Crippen LogP contribution in [0.5, 0.6) is 0 Å². The van der Waals surface area contributed by atoms with Gasteiger partial charge in [-0.3, -0.25) is 0 Å². The van der Waals surface area contributed by atoms with Gasteiger partial charge in [-0.25, -0.2) is 4.79 Å². The van der Waals surface area contributed by atoms with Crippen molar-refractivity contribution in [3.63, 3.8) is 0 Å². The van der Waals surface area contributed by atoms with Crippen molar-refractivity contribution in [2.75, 3.05) is 66.5 Å². The molecule has 8 heteroatoms. The van der Waals surface area contributed by atoms with Crippen molar-refractivity contribution in [3.8, 4) is 0 Å². The van der Waals surface area contributed by atoms with Crippen molar-refractivity contribution in [2.24, 2.45) is 0 Å². The van der Waals surface area contributed by atoms with Gasteiger partial charge in [-0.15, -0.1) is 0 Å². The predicted octanol–water partition coefficient (Wildman–Crippen LogP) is 0.0482. The number of carbonyl (C=O) groups excluding carboxylic acids is 1. The molecule has 0 spiro atoms. The van der Waals surface area contributed by atoms with Crippen LogP contribution in [0.4, 0.5) is 4.79 Å². The molecule has 8 nitrogen and oxygen atoms in total.